The van der Waals surface area contributed by atoms with Gasteiger partial charge < -0.3 is 5.11 Å². The van der Waals surface area contributed by atoms with E-state index in [-0.39, 0.29) is 0 Å². The van der Waals surface area contributed by atoms with E-state index < -0.39 is 12.0 Å². The minimum Gasteiger partial charge on any atom is -0.480 e. The number of benzene rings is 1. The van der Waals surface area contributed by atoms with Gasteiger partial charge in [-0.05, 0) is 37.7 Å². The molecule has 4 nitrogen and oxygen atoms in total. The number of carbonyl (C=O) groups is 1. The first-order valence-corrected chi connectivity index (χ1v) is 6.51. The van der Waals surface area contributed by atoms with Gasteiger partial charge in [0.2, 0.25) is 0 Å². The largest absolute Gasteiger partial charge is 0.480 e. The van der Waals surface area contributed by atoms with Crippen molar-refractivity contribution in [2.24, 2.45) is 0 Å². The van der Waals surface area contributed by atoms with Crippen LogP contribution in [0.5, 0.6) is 0 Å². The average molecular weight is 270 g/mol. The predicted molar refractivity (Wildman–Crippen MR) is 78.2 cm³/mol. The summed E-state index contributed by atoms with van der Waals surface area (Å²) in [6, 6.07) is 13.3. The van der Waals surface area contributed by atoms with Gasteiger partial charge in [0.25, 0.3) is 0 Å². The quantitative estimate of drug-likeness (QED) is 0.907. The van der Waals surface area contributed by atoms with Crippen molar-refractivity contribution >= 4 is 5.97 Å². The molecule has 1 N–H and O–H groups in total. The molecule has 0 aliphatic heterocycles. The first-order valence-electron chi connectivity index (χ1n) is 6.51. The summed E-state index contributed by atoms with van der Waals surface area (Å²) in [5, 5.41) is 9.01. The molecule has 0 saturated carbocycles. The molecule has 2 aromatic rings. The molecule has 0 bridgehead atoms. The highest BCUT2D eigenvalue weighted by molar-refractivity contribution is 5.72. The fraction of sp³-hybridized carbons (Fsp3) is 0.250. The normalized spacial score (nSPS) is 12.3. The molecule has 0 fully saturated rings. The number of aliphatic carboxylic acids is 1. The van der Waals surface area contributed by atoms with Crippen LogP contribution in [0.2, 0.25) is 0 Å². The topological polar surface area (TPSA) is 53.4 Å². The minimum atomic E-state index is -0.812. The molecule has 1 heterocycles. The third-order valence-corrected chi connectivity index (χ3v) is 3.34. The maximum absolute atomic E-state index is 11.0. The number of likely N-dealkylation sites (N-methyl/N-ethyl adjacent to an activating group) is 1. The Hall–Kier alpha value is -2.20. The summed E-state index contributed by atoms with van der Waals surface area (Å²) >= 11 is 0. The van der Waals surface area contributed by atoms with Gasteiger partial charge in [-0.1, -0.05) is 24.3 Å². The molecule has 2 rings (SSSR count). The molecule has 1 unspecified atom stereocenters. The Morgan fingerprint density at radius 3 is 2.75 bits per heavy atom. The Morgan fingerprint density at radius 1 is 1.30 bits per heavy atom. The molecule has 104 valence electrons. The molecule has 0 aliphatic carbocycles. The van der Waals surface area contributed by atoms with Crippen LogP contribution in [-0.4, -0.2) is 34.0 Å². The van der Waals surface area contributed by atoms with Crippen molar-refractivity contribution in [1.29, 1.82) is 0 Å². The van der Waals surface area contributed by atoms with Crippen LogP contribution in [-0.2, 0) is 11.3 Å². The standard InChI is InChI=1S/C16H18N2O2/c1-12(16(19)20)18(2)11-13-6-5-7-14(10-13)15-8-3-4-9-17-15/h3-10,12H,11H2,1-2H3,(H,19,20). The summed E-state index contributed by atoms with van der Waals surface area (Å²) < 4.78 is 0. The van der Waals surface area contributed by atoms with E-state index in [2.05, 4.69) is 4.98 Å². The van der Waals surface area contributed by atoms with E-state index in [0.29, 0.717) is 6.54 Å². The number of rotatable bonds is 5. The Bertz CT molecular complexity index is 584. The van der Waals surface area contributed by atoms with E-state index in [4.69, 9.17) is 5.11 Å². The van der Waals surface area contributed by atoms with Gasteiger partial charge in [-0.2, -0.15) is 0 Å². The van der Waals surface area contributed by atoms with Crippen LogP contribution in [0.1, 0.15) is 12.5 Å². The molecule has 4 heteroatoms. The number of carboxylic acids is 1. The Morgan fingerprint density at radius 2 is 2.10 bits per heavy atom. The minimum absolute atomic E-state index is 0.506. The summed E-state index contributed by atoms with van der Waals surface area (Å²) in [7, 11) is 1.81. The van der Waals surface area contributed by atoms with Gasteiger partial charge in [0.1, 0.15) is 6.04 Å². The third kappa shape index (κ3) is 3.42. The van der Waals surface area contributed by atoms with Crippen LogP contribution in [0.15, 0.2) is 48.7 Å². The van der Waals surface area contributed by atoms with Gasteiger partial charge in [0.05, 0.1) is 5.69 Å². The second-order valence-electron chi connectivity index (χ2n) is 4.84. The highest BCUT2D eigenvalue weighted by Crippen LogP contribution is 2.18. The SMILES string of the molecule is CC(C(=O)O)N(C)Cc1cccc(-c2ccccn2)c1. The van der Waals surface area contributed by atoms with E-state index in [1.165, 1.54) is 0 Å². The maximum Gasteiger partial charge on any atom is 0.320 e. The van der Waals surface area contributed by atoms with Gasteiger partial charge in [-0.15, -0.1) is 0 Å². The van der Waals surface area contributed by atoms with E-state index in [9.17, 15) is 4.79 Å². The van der Waals surface area contributed by atoms with Crippen molar-refractivity contribution in [2.75, 3.05) is 7.05 Å². The van der Waals surface area contributed by atoms with E-state index in [1.807, 2.05) is 49.5 Å². The molecule has 0 spiro atoms. The van der Waals surface area contributed by atoms with Crippen molar-refractivity contribution in [2.45, 2.75) is 19.5 Å². The predicted octanol–water partition coefficient (Wildman–Crippen LogP) is 2.65. The second-order valence-corrected chi connectivity index (χ2v) is 4.84. The fourth-order valence-electron chi connectivity index (χ4n) is 1.98. The smallest absolute Gasteiger partial charge is 0.320 e. The van der Waals surface area contributed by atoms with Crippen LogP contribution < -0.4 is 0 Å². The van der Waals surface area contributed by atoms with E-state index in [1.54, 1.807) is 18.0 Å². The monoisotopic (exact) mass is 270 g/mol. The van der Waals surface area contributed by atoms with E-state index >= 15 is 0 Å². The van der Waals surface area contributed by atoms with Crippen LogP contribution in [0.4, 0.5) is 0 Å². The first kappa shape index (κ1) is 14.2. The second kappa shape index (κ2) is 6.30. The fourth-order valence-corrected chi connectivity index (χ4v) is 1.98. The Kier molecular flexibility index (Phi) is 4.48. The Labute approximate surface area is 118 Å². The van der Waals surface area contributed by atoms with Crippen molar-refractivity contribution < 1.29 is 9.90 Å². The zero-order valence-corrected chi connectivity index (χ0v) is 11.7. The zero-order chi connectivity index (χ0) is 14.5. The van der Waals surface area contributed by atoms with Crippen molar-refractivity contribution in [3.05, 3.63) is 54.2 Å². The van der Waals surface area contributed by atoms with Crippen molar-refractivity contribution in [3.8, 4) is 11.3 Å². The molecule has 0 aliphatic rings. The van der Waals surface area contributed by atoms with Gasteiger partial charge >= 0.3 is 5.97 Å². The lowest BCUT2D eigenvalue weighted by atomic mass is 10.1. The lowest BCUT2D eigenvalue weighted by Crippen LogP contribution is -2.35. The third-order valence-electron chi connectivity index (χ3n) is 3.34. The summed E-state index contributed by atoms with van der Waals surface area (Å²) in [5.74, 6) is -0.812. The number of hydrogen-bond acceptors (Lipinski definition) is 3. The van der Waals surface area contributed by atoms with Crippen LogP contribution in [0.25, 0.3) is 11.3 Å². The van der Waals surface area contributed by atoms with Crippen molar-refractivity contribution in [3.63, 3.8) is 0 Å². The maximum atomic E-state index is 11.0. The zero-order valence-electron chi connectivity index (χ0n) is 11.7. The molecule has 1 aromatic carbocycles. The van der Waals surface area contributed by atoms with Gasteiger partial charge in [0.15, 0.2) is 0 Å². The summed E-state index contributed by atoms with van der Waals surface area (Å²) in [6.45, 7) is 2.28. The van der Waals surface area contributed by atoms with Crippen molar-refractivity contribution in [1.82, 2.24) is 9.88 Å². The van der Waals surface area contributed by atoms with Gasteiger partial charge in [-0.25, -0.2) is 0 Å². The van der Waals surface area contributed by atoms with Crippen LogP contribution in [0.3, 0.4) is 0 Å². The number of hydrogen-bond donors (Lipinski definition) is 1. The van der Waals surface area contributed by atoms with Gasteiger partial charge in [0, 0.05) is 18.3 Å². The molecular formula is C16H18N2O2. The number of carboxylic acid groups (broad SMARTS) is 1. The number of nitrogens with zero attached hydrogens (tertiary/aromatic N) is 2. The van der Waals surface area contributed by atoms with Crippen LogP contribution in [0, 0.1) is 0 Å². The first-order chi connectivity index (χ1) is 9.58. The summed E-state index contributed by atoms with van der Waals surface area (Å²) in [6.07, 6.45) is 1.76. The van der Waals surface area contributed by atoms with Crippen LogP contribution >= 0.6 is 0 Å². The molecule has 20 heavy (non-hydrogen) atoms. The lowest BCUT2D eigenvalue weighted by Gasteiger charge is -2.21. The summed E-state index contributed by atoms with van der Waals surface area (Å²) in [5.41, 5.74) is 3.03. The lowest BCUT2D eigenvalue weighted by molar-refractivity contribution is -0.142. The van der Waals surface area contributed by atoms with Gasteiger partial charge in [-0.3, -0.25) is 14.7 Å². The number of pyridine rings is 1. The average Bonchev–Trinajstić information content (AvgIpc) is 2.47. The molecule has 0 saturated heterocycles. The highest BCUT2D eigenvalue weighted by Gasteiger charge is 2.16. The molecular weight excluding hydrogens is 252 g/mol. The van der Waals surface area contributed by atoms with E-state index in [0.717, 1.165) is 16.8 Å². The highest BCUT2D eigenvalue weighted by atomic mass is 16.4. The molecule has 1 atom stereocenters. The molecule has 0 amide bonds. The summed E-state index contributed by atoms with van der Waals surface area (Å²) in [4.78, 5) is 17.1. The molecule has 0 radical (unpaired) electrons. The Balaban J connectivity index is 2.17. The molecule has 1 aromatic heterocycles. The number of aromatic nitrogens is 1.